The number of nitrogens with one attached hydrogen (secondary N) is 1. The molecule has 0 aliphatic carbocycles. The lowest BCUT2D eigenvalue weighted by Gasteiger charge is -2.29. The van der Waals surface area contributed by atoms with Crippen LogP contribution in [0.5, 0.6) is 0 Å². The largest absolute Gasteiger partial charge is 0.341 e. The maximum absolute atomic E-state index is 12.0. The van der Waals surface area contributed by atoms with Crippen molar-refractivity contribution >= 4 is 5.91 Å². The van der Waals surface area contributed by atoms with Gasteiger partial charge in [-0.15, -0.1) is 0 Å². The van der Waals surface area contributed by atoms with Gasteiger partial charge in [-0.2, -0.15) is 0 Å². The standard InChI is InChI=1S/C14H28N2O/c1-5-15-13(11(2)3)10-16-9-8-12(4)6-7-14(16)17/h11-13,15H,5-10H2,1-4H3. The zero-order chi connectivity index (χ0) is 12.8. The van der Waals surface area contributed by atoms with Crippen LogP contribution in [0.2, 0.25) is 0 Å². The number of hydrogen-bond acceptors (Lipinski definition) is 2. The average molecular weight is 240 g/mol. The molecule has 1 aliphatic rings. The van der Waals surface area contributed by atoms with E-state index in [2.05, 4.69) is 37.9 Å². The number of likely N-dealkylation sites (tertiary alicyclic amines) is 1. The summed E-state index contributed by atoms with van der Waals surface area (Å²) in [5, 5.41) is 3.49. The van der Waals surface area contributed by atoms with Crippen molar-refractivity contribution in [2.45, 2.75) is 53.0 Å². The van der Waals surface area contributed by atoms with Gasteiger partial charge in [-0.25, -0.2) is 0 Å². The normalized spacial score (nSPS) is 23.9. The summed E-state index contributed by atoms with van der Waals surface area (Å²) in [4.78, 5) is 14.1. The molecule has 0 radical (unpaired) electrons. The quantitative estimate of drug-likeness (QED) is 0.799. The summed E-state index contributed by atoms with van der Waals surface area (Å²) in [6.45, 7) is 11.6. The molecular weight excluding hydrogens is 212 g/mol. The number of hydrogen-bond donors (Lipinski definition) is 1. The SMILES string of the molecule is CCNC(CN1CCC(C)CCC1=O)C(C)C. The van der Waals surface area contributed by atoms with Crippen LogP contribution in [0.15, 0.2) is 0 Å². The topological polar surface area (TPSA) is 32.3 Å². The Morgan fingerprint density at radius 2 is 2.12 bits per heavy atom. The molecule has 1 amide bonds. The number of carbonyl (C=O) groups is 1. The summed E-state index contributed by atoms with van der Waals surface area (Å²) in [7, 11) is 0. The van der Waals surface area contributed by atoms with Gasteiger partial charge in [-0.3, -0.25) is 4.79 Å². The second kappa shape index (κ2) is 7.00. The molecule has 0 saturated carbocycles. The second-order valence-corrected chi connectivity index (χ2v) is 5.68. The van der Waals surface area contributed by atoms with Crippen LogP contribution in [0.1, 0.15) is 47.0 Å². The smallest absolute Gasteiger partial charge is 0.222 e. The fourth-order valence-corrected chi connectivity index (χ4v) is 2.38. The van der Waals surface area contributed by atoms with E-state index in [9.17, 15) is 4.79 Å². The molecule has 1 fully saturated rings. The van der Waals surface area contributed by atoms with Crippen LogP contribution in [-0.2, 0) is 4.79 Å². The van der Waals surface area contributed by atoms with Crippen molar-refractivity contribution in [1.29, 1.82) is 0 Å². The molecule has 0 aromatic rings. The molecule has 1 N–H and O–H groups in total. The van der Waals surface area contributed by atoms with Crippen LogP contribution in [0.25, 0.3) is 0 Å². The molecule has 100 valence electrons. The van der Waals surface area contributed by atoms with Crippen LogP contribution < -0.4 is 5.32 Å². The Bertz CT molecular complexity index is 240. The Morgan fingerprint density at radius 1 is 1.41 bits per heavy atom. The molecule has 0 bridgehead atoms. The van der Waals surface area contributed by atoms with Gasteiger partial charge in [0.15, 0.2) is 0 Å². The highest BCUT2D eigenvalue weighted by molar-refractivity contribution is 5.76. The van der Waals surface area contributed by atoms with Crippen LogP contribution in [0.3, 0.4) is 0 Å². The van der Waals surface area contributed by atoms with Gasteiger partial charge >= 0.3 is 0 Å². The lowest BCUT2D eigenvalue weighted by Crippen LogP contribution is -2.46. The van der Waals surface area contributed by atoms with E-state index in [0.717, 1.165) is 38.9 Å². The molecule has 0 spiro atoms. The second-order valence-electron chi connectivity index (χ2n) is 5.68. The Balaban J connectivity index is 2.54. The van der Waals surface area contributed by atoms with E-state index in [1.807, 2.05) is 0 Å². The molecule has 1 saturated heterocycles. The maximum atomic E-state index is 12.0. The molecule has 0 aromatic heterocycles. The molecule has 2 unspecified atom stereocenters. The number of carbonyl (C=O) groups excluding carboxylic acids is 1. The summed E-state index contributed by atoms with van der Waals surface area (Å²) < 4.78 is 0. The van der Waals surface area contributed by atoms with Crippen molar-refractivity contribution in [3.05, 3.63) is 0 Å². The summed E-state index contributed by atoms with van der Waals surface area (Å²) in [5.41, 5.74) is 0. The molecule has 1 rings (SSSR count). The summed E-state index contributed by atoms with van der Waals surface area (Å²) >= 11 is 0. The summed E-state index contributed by atoms with van der Waals surface area (Å²) in [6, 6.07) is 0.428. The third-order valence-electron chi connectivity index (χ3n) is 3.78. The molecule has 17 heavy (non-hydrogen) atoms. The minimum absolute atomic E-state index is 0.345. The van der Waals surface area contributed by atoms with E-state index in [-0.39, 0.29) is 0 Å². The molecular formula is C14H28N2O. The van der Waals surface area contributed by atoms with Gasteiger partial charge in [0, 0.05) is 25.6 Å². The Labute approximate surface area is 106 Å². The number of likely N-dealkylation sites (N-methyl/N-ethyl adjacent to an activating group) is 1. The minimum atomic E-state index is 0.345. The molecule has 0 aromatic carbocycles. The highest BCUT2D eigenvalue weighted by Gasteiger charge is 2.23. The lowest BCUT2D eigenvalue weighted by molar-refractivity contribution is -0.131. The van der Waals surface area contributed by atoms with E-state index >= 15 is 0 Å². The fourth-order valence-electron chi connectivity index (χ4n) is 2.38. The first-order valence-corrected chi connectivity index (χ1v) is 7.05. The van der Waals surface area contributed by atoms with Gasteiger partial charge in [-0.05, 0) is 31.2 Å². The van der Waals surface area contributed by atoms with Crippen molar-refractivity contribution in [2.75, 3.05) is 19.6 Å². The monoisotopic (exact) mass is 240 g/mol. The lowest BCUT2D eigenvalue weighted by atomic mass is 10.0. The highest BCUT2D eigenvalue weighted by atomic mass is 16.2. The van der Waals surface area contributed by atoms with E-state index in [0.29, 0.717) is 23.8 Å². The minimum Gasteiger partial charge on any atom is -0.341 e. The average Bonchev–Trinajstić information content (AvgIpc) is 2.43. The Morgan fingerprint density at radius 3 is 2.71 bits per heavy atom. The number of rotatable bonds is 5. The fraction of sp³-hybridized carbons (Fsp3) is 0.929. The number of nitrogens with zero attached hydrogens (tertiary/aromatic N) is 1. The Hall–Kier alpha value is -0.570. The predicted octanol–water partition coefficient (Wildman–Crippen LogP) is 2.27. The summed E-state index contributed by atoms with van der Waals surface area (Å²) in [5.74, 6) is 1.61. The Kier molecular flexibility index (Phi) is 5.96. The van der Waals surface area contributed by atoms with E-state index < -0.39 is 0 Å². The highest BCUT2D eigenvalue weighted by Crippen LogP contribution is 2.18. The molecule has 3 heteroatoms. The number of amides is 1. The van der Waals surface area contributed by atoms with Gasteiger partial charge in [0.1, 0.15) is 0 Å². The van der Waals surface area contributed by atoms with Crippen molar-refractivity contribution in [3.63, 3.8) is 0 Å². The van der Waals surface area contributed by atoms with Gasteiger partial charge in [0.05, 0.1) is 0 Å². The van der Waals surface area contributed by atoms with Crippen LogP contribution in [0.4, 0.5) is 0 Å². The van der Waals surface area contributed by atoms with Crippen LogP contribution >= 0.6 is 0 Å². The van der Waals surface area contributed by atoms with Crippen molar-refractivity contribution in [2.24, 2.45) is 11.8 Å². The maximum Gasteiger partial charge on any atom is 0.222 e. The molecule has 1 aliphatic heterocycles. The first-order valence-electron chi connectivity index (χ1n) is 7.05. The third-order valence-corrected chi connectivity index (χ3v) is 3.78. The first-order chi connectivity index (χ1) is 8.04. The van der Waals surface area contributed by atoms with Gasteiger partial charge in [0.2, 0.25) is 5.91 Å². The van der Waals surface area contributed by atoms with E-state index in [4.69, 9.17) is 0 Å². The van der Waals surface area contributed by atoms with Gasteiger partial charge < -0.3 is 10.2 Å². The predicted molar refractivity (Wildman–Crippen MR) is 71.9 cm³/mol. The zero-order valence-corrected chi connectivity index (χ0v) is 11.8. The van der Waals surface area contributed by atoms with Crippen molar-refractivity contribution in [1.82, 2.24) is 10.2 Å². The van der Waals surface area contributed by atoms with E-state index in [1.54, 1.807) is 0 Å². The van der Waals surface area contributed by atoms with Crippen LogP contribution in [-0.4, -0.2) is 36.5 Å². The van der Waals surface area contributed by atoms with Crippen molar-refractivity contribution in [3.8, 4) is 0 Å². The molecule has 2 atom stereocenters. The molecule has 1 heterocycles. The van der Waals surface area contributed by atoms with E-state index in [1.165, 1.54) is 0 Å². The first kappa shape index (κ1) is 14.5. The van der Waals surface area contributed by atoms with Crippen molar-refractivity contribution < 1.29 is 4.79 Å². The zero-order valence-electron chi connectivity index (χ0n) is 11.8. The molecule has 3 nitrogen and oxygen atoms in total. The van der Waals surface area contributed by atoms with Crippen LogP contribution in [0, 0.1) is 11.8 Å². The summed E-state index contributed by atoms with van der Waals surface area (Å²) in [6.07, 6.45) is 2.95. The van der Waals surface area contributed by atoms with Gasteiger partial charge in [-0.1, -0.05) is 27.7 Å². The van der Waals surface area contributed by atoms with Gasteiger partial charge in [0.25, 0.3) is 0 Å². The third kappa shape index (κ3) is 4.66.